The molecule has 0 aromatic carbocycles. The highest BCUT2D eigenvalue weighted by Crippen LogP contribution is 2.42. The van der Waals surface area contributed by atoms with Crippen molar-refractivity contribution in [2.24, 2.45) is 5.92 Å². The van der Waals surface area contributed by atoms with Gasteiger partial charge in [-0.1, -0.05) is 45.4 Å². The Morgan fingerprint density at radius 1 is 0.857 bits per heavy atom. The first-order chi connectivity index (χ1) is 10.2. The standard InChI is InChI=1S/C17H35NO2Si/c1-4-19-21(20-5-2,17-14-10-9-11-15(17)3)18-16-12-7-6-8-13-16/h15-18H,4-14H2,1-3H3. The molecule has 124 valence electrons. The Bertz CT molecular complexity index is 289. The monoisotopic (exact) mass is 313 g/mol. The van der Waals surface area contributed by atoms with E-state index < -0.39 is 8.72 Å². The van der Waals surface area contributed by atoms with Crippen LogP contribution in [0.2, 0.25) is 5.54 Å². The summed E-state index contributed by atoms with van der Waals surface area (Å²) in [5.41, 5.74) is 0.619. The van der Waals surface area contributed by atoms with Gasteiger partial charge in [0.15, 0.2) is 0 Å². The van der Waals surface area contributed by atoms with Crippen LogP contribution in [0.5, 0.6) is 0 Å². The second-order valence-electron chi connectivity index (χ2n) is 6.88. The van der Waals surface area contributed by atoms with Crippen LogP contribution in [0.4, 0.5) is 0 Å². The Morgan fingerprint density at radius 2 is 1.43 bits per heavy atom. The predicted octanol–water partition coefficient (Wildman–Crippen LogP) is 4.50. The van der Waals surface area contributed by atoms with Gasteiger partial charge in [-0.15, -0.1) is 0 Å². The molecule has 0 heterocycles. The highest BCUT2D eigenvalue weighted by atomic mass is 28.4. The van der Waals surface area contributed by atoms with Gasteiger partial charge >= 0.3 is 8.72 Å². The van der Waals surface area contributed by atoms with Gasteiger partial charge in [0.2, 0.25) is 0 Å². The van der Waals surface area contributed by atoms with E-state index in [-0.39, 0.29) is 0 Å². The summed E-state index contributed by atoms with van der Waals surface area (Å²) in [6.45, 7) is 8.20. The predicted molar refractivity (Wildman–Crippen MR) is 90.4 cm³/mol. The Balaban J connectivity index is 2.13. The van der Waals surface area contributed by atoms with Crippen LogP contribution >= 0.6 is 0 Å². The molecule has 21 heavy (non-hydrogen) atoms. The third-order valence-electron chi connectivity index (χ3n) is 5.33. The molecule has 0 aromatic rings. The number of nitrogens with one attached hydrogen (secondary N) is 1. The minimum absolute atomic E-state index is 0.619. The average molecular weight is 314 g/mol. The van der Waals surface area contributed by atoms with Gasteiger partial charge in [0.25, 0.3) is 0 Å². The van der Waals surface area contributed by atoms with E-state index in [0.717, 1.165) is 19.1 Å². The van der Waals surface area contributed by atoms with E-state index in [9.17, 15) is 0 Å². The Kier molecular flexibility index (Phi) is 7.19. The van der Waals surface area contributed by atoms with E-state index in [1.807, 2.05) is 0 Å². The van der Waals surface area contributed by atoms with E-state index in [2.05, 4.69) is 25.8 Å². The van der Waals surface area contributed by atoms with E-state index in [4.69, 9.17) is 8.85 Å². The fraction of sp³-hybridized carbons (Fsp3) is 1.00. The maximum atomic E-state index is 6.39. The molecule has 2 saturated carbocycles. The van der Waals surface area contributed by atoms with Crippen molar-refractivity contribution in [3.05, 3.63) is 0 Å². The molecule has 2 atom stereocenters. The molecule has 3 nitrogen and oxygen atoms in total. The summed E-state index contributed by atoms with van der Waals surface area (Å²) in [4.78, 5) is 3.97. The molecular weight excluding hydrogens is 278 g/mol. The third-order valence-corrected chi connectivity index (χ3v) is 9.41. The second kappa shape index (κ2) is 8.66. The van der Waals surface area contributed by atoms with Crippen molar-refractivity contribution in [2.45, 2.75) is 90.1 Å². The molecule has 4 heteroatoms. The lowest BCUT2D eigenvalue weighted by molar-refractivity contribution is 0.134. The lowest BCUT2D eigenvalue weighted by Gasteiger charge is -2.44. The van der Waals surface area contributed by atoms with Crippen LogP contribution < -0.4 is 4.98 Å². The molecule has 2 aliphatic rings. The quantitative estimate of drug-likeness (QED) is 0.702. The first-order valence-electron chi connectivity index (χ1n) is 9.27. The summed E-state index contributed by atoms with van der Waals surface area (Å²) in [5, 5.41) is 0. The molecule has 2 fully saturated rings. The molecule has 0 spiro atoms. The van der Waals surface area contributed by atoms with Gasteiger partial charge in [-0.2, -0.15) is 0 Å². The summed E-state index contributed by atoms with van der Waals surface area (Å²) >= 11 is 0. The number of hydrogen-bond donors (Lipinski definition) is 1. The molecule has 2 rings (SSSR count). The Hall–Kier alpha value is 0.0969. The summed E-state index contributed by atoms with van der Waals surface area (Å²) in [6.07, 6.45) is 12.1. The summed E-state index contributed by atoms with van der Waals surface area (Å²) < 4.78 is 12.8. The summed E-state index contributed by atoms with van der Waals surface area (Å²) in [7, 11) is -2.30. The van der Waals surface area contributed by atoms with Crippen LogP contribution in [0.25, 0.3) is 0 Å². The van der Waals surface area contributed by atoms with Gasteiger partial charge in [0, 0.05) is 24.8 Å². The smallest absolute Gasteiger partial charge is 0.383 e. The van der Waals surface area contributed by atoms with Gasteiger partial charge < -0.3 is 8.85 Å². The first-order valence-corrected chi connectivity index (χ1v) is 11.2. The lowest BCUT2D eigenvalue weighted by atomic mass is 9.90. The van der Waals surface area contributed by atoms with Crippen LogP contribution in [0.3, 0.4) is 0 Å². The van der Waals surface area contributed by atoms with Crippen molar-refractivity contribution >= 4 is 8.72 Å². The maximum Gasteiger partial charge on any atom is 0.428 e. The molecule has 1 N–H and O–H groups in total. The zero-order valence-corrected chi connectivity index (χ0v) is 15.3. The van der Waals surface area contributed by atoms with Gasteiger partial charge in [0.05, 0.1) is 0 Å². The highest BCUT2D eigenvalue weighted by molar-refractivity contribution is 6.66. The minimum Gasteiger partial charge on any atom is -0.383 e. The van der Waals surface area contributed by atoms with Gasteiger partial charge in [-0.3, -0.25) is 4.98 Å². The molecule has 2 unspecified atom stereocenters. The molecular formula is C17H35NO2Si. The molecule has 0 aromatic heterocycles. The van der Waals surface area contributed by atoms with Crippen molar-refractivity contribution in [2.75, 3.05) is 13.2 Å². The van der Waals surface area contributed by atoms with Crippen LogP contribution in [-0.4, -0.2) is 28.0 Å². The van der Waals surface area contributed by atoms with E-state index in [1.165, 1.54) is 57.8 Å². The van der Waals surface area contributed by atoms with Crippen LogP contribution in [0, 0.1) is 5.92 Å². The van der Waals surface area contributed by atoms with Crippen molar-refractivity contribution in [1.82, 2.24) is 4.98 Å². The Labute approximate surface area is 132 Å². The van der Waals surface area contributed by atoms with Crippen molar-refractivity contribution < 1.29 is 8.85 Å². The summed E-state index contributed by atoms with van der Waals surface area (Å²) in [5.74, 6) is 0.736. The zero-order valence-electron chi connectivity index (χ0n) is 14.3. The van der Waals surface area contributed by atoms with Crippen LogP contribution in [-0.2, 0) is 8.85 Å². The molecule has 0 bridgehead atoms. The van der Waals surface area contributed by atoms with Crippen LogP contribution in [0.1, 0.15) is 78.6 Å². The minimum atomic E-state index is -2.30. The molecule has 0 radical (unpaired) electrons. The highest BCUT2D eigenvalue weighted by Gasteiger charge is 2.50. The van der Waals surface area contributed by atoms with Gasteiger partial charge in [-0.25, -0.2) is 0 Å². The largest absolute Gasteiger partial charge is 0.428 e. The van der Waals surface area contributed by atoms with Crippen molar-refractivity contribution in [1.29, 1.82) is 0 Å². The molecule has 2 aliphatic carbocycles. The normalized spacial score (nSPS) is 28.7. The molecule has 0 saturated heterocycles. The van der Waals surface area contributed by atoms with E-state index in [1.54, 1.807) is 0 Å². The van der Waals surface area contributed by atoms with Crippen molar-refractivity contribution in [3.8, 4) is 0 Å². The second-order valence-corrected chi connectivity index (χ2v) is 9.82. The van der Waals surface area contributed by atoms with Crippen molar-refractivity contribution in [3.63, 3.8) is 0 Å². The molecule has 0 amide bonds. The number of hydrogen-bond acceptors (Lipinski definition) is 3. The maximum absolute atomic E-state index is 6.39. The van der Waals surface area contributed by atoms with Crippen LogP contribution in [0.15, 0.2) is 0 Å². The first kappa shape index (κ1) is 17.5. The van der Waals surface area contributed by atoms with Gasteiger partial charge in [-0.05, 0) is 39.0 Å². The molecule has 0 aliphatic heterocycles. The third kappa shape index (κ3) is 4.53. The fourth-order valence-corrected chi connectivity index (χ4v) is 8.39. The Morgan fingerprint density at radius 3 is 2.00 bits per heavy atom. The van der Waals surface area contributed by atoms with E-state index in [0.29, 0.717) is 11.6 Å². The SMILES string of the molecule is CCO[Si](NC1CCCCC1)(OCC)C1CCCCC1C. The van der Waals surface area contributed by atoms with Gasteiger partial charge in [0.1, 0.15) is 0 Å². The summed E-state index contributed by atoms with van der Waals surface area (Å²) in [6, 6.07) is 0.623. The fourth-order valence-electron chi connectivity index (χ4n) is 4.29. The number of rotatable bonds is 7. The lowest BCUT2D eigenvalue weighted by Crippen LogP contribution is -2.64. The van der Waals surface area contributed by atoms with E-state index >= 15 is 0 Å². The zero-order chi connectivity index (χ0) is 15.1. The topological polar surface area (TPSA) is 30.5 Å². The average Bonchev–Trinajstić information content (AvgIpc) is 2.49.